The zero-order valence-corrected chi connectivity index (χ0v) is 10.5. The summed E-state index contributed by atoms with van der Waals surface area (Å²) in [6.45, 7) is 2.48. The Morgan fingerprint density at radius 1 is 1.11 bits per heavy atom. The number of hydrogen-bond donors (Lipinski definition) is 2. The summed E-state index contributed by atoms with van der Waals surface area (Å²) in [5, 5.41) is 0. The minimum atomic E-state index is -0.456. The van der Waals surface area contributed by atoms with Gasteiger partial charge in [-0.3, -0.25) is 0 Å². The van der Waals surface area contributed by atoms with E-state index < -0.39 is 11.9 Å². The van der Waals surface area contributed by atoms with E-state index in [4.69, 9.17) is 20.9 Å². The maximum Gasteiger partial charge on any atom is 0.330 e. The zero-order chi connectivity index (χ0) is 13.8. The molecule has 0 aromatic heterocycles. The Balaban J connectivity index is 3.74. The molecule has 0 aromatic carbocycles. The van der Waals surface area contributed by atoms with Gasteiger partial charge in [-0.25, -0.2) is 9.59 Å². The molecule has 0 rings (SSSR count). The molecule has 102 valence electrons. The normalized spacial score (nSPS) is 12.8. The van der Waals surface area contributed by atoms with Crippen LogP contribution in [0.1, 0.15) is 13.3 Å². The molecule has 0 fully saturated rings. The molecule has 0 aliphatic rings. The van der Waals surface area contributed by atoms with Gasteiger partial charge < -0.3 is 20.9 Å². The molecule has 6 heteroatoms. The van der Waals surface area contributed by atoms with E-state index in [0.29, 0.717) is 6.42 Å². The molecule has 0 radical (unpaired) electrons. The van der Waals surface area contributed by atoms with Gasteiger partial charge in [0.05, 0.1) is 6.61 Å². The highest BCUT2D eigenvalue weighted by Crippen LogP contribution is 1.99. The van der Waals surface area contributed by atoms with Gasteiger partial charge in [0.2, 0.25) is 0 Å². The van der Waals surface area contributed by atoms with Gasteiger partial charge in [0.1, 0.15) is 6.10 Å². The molecule has 0 aliphatic heterocycles. The first kappa shape index (κ1) is 16.3. The number of carbonyl (C=O) groups is 2. The number of esters is 2. The van der Waals surface area contributed by atoms with Crippen LogP contribution >= 0.6 is 0 Å². The highest BCUT2D eigenvalue weighted by molar-refractivity contribution is 5.82. The highest BCUT2D eigenvalue weighted by Gasteiger charge is 2.07. The third kappa shape index (κ3) is 9.56. The second-order valence-electron chi connectivity index (χ2n) is 3.48. The molecule has 1 atom stereocenters. The first-order valence-electron chi connectivity index (χ1n) is 5.70. The molecule has 0 aromatic rings. The Labute approximate surface area is 107 Å². The molecule has 18 heavy (non-hydrogen) atoms. The summed E-state index contributed by atoms with van der Waals surface area (Å²) in [5.41, 5.74) is 10.4. The van der Waals surface area contributed by atoms with E-state index in [9.17, 15) is 9.59 Å². The Bertz CT molecular complexity index is 313. The summed E-state index contributed by atoms with van der Waals surface area (Å²) < 4.78 is 9.87. The maximum atomic E-state index is 11.2. The molecule has 0 spiro atoms. The van der Waals surface area contributed by atoms with Crippen LogP contribution in [-0.4, -0.2) is 37.7 Å². The van der Waals surface area contributed by atoms with Gasteiger partial charge in [-0.1, -0.05) is 12.2 Å². The predicted octanol–water partition coefficient (Wildman–Crippen LogP) is -0.119. The molecule has 0 saturated carbocycles. The molecule has 0 heterocycles. The lowest BCUT2D eigenvalue weighted by Crippen LogP contribution is -2.16. The van der Waals surface area contributed by atoms with Crippen LogP contribution in [0, 0.1) is 0 Å². The second kappa shape index (κ2) is 10.5. The summed E-state index contributed by atoms with van der Waals surface area (Å²) in [6, 6.07) is 0. The van der Waals surface area contributed by atoms with Crippen molar-refractivity contribution in [2.45, 2.75) is 19.4 Å². The van der Waals surface area contributed by atoms with Crippen LogP contribution in [0.3, 0.4) is 0 Å². The van der Waals surface area contributed by atoms with Crippen molar-refractivity contribution in [2.75, 3.05) is 19.7 Å². The van der Waals surface area contributed by atoms with Crippen molar-refractivity contribution in [1.82, 2.24) is 0 Å². The van der Waals surface area contributed by atoms with E-state index >= 15 is 0 Å². The quantitative estimate of drug-likeness (QED) is 0.463. The highest BCUT2D eigenvalue weighted by atomic mass is 16.6. The van der Waals surface area contributed by atoms with Crippen molar-refractivity contribution in [3.05, 3.63) is 24.3 Å². The minimum absolute atomic E-state index is 0.183. The fourth-order valence-corrected chi connectivity index (χ4v) is 0.999. The Hall–Kier alpha value is -1.66. The van der Waals surface area contributed by atoms with Crippen LogP contribution in [0.2, 0.25) is 0 Å². The van der Waals surface area contributed by atoms with Gasteiger partial charge in [0.25, 0.3) is 0 Å². The summed E-state index contributed by atoms with van der Waals surface area (Å²) in [6.07, 6.45) is 5.65. The van der Waals surface area contributed by atoms with Crippen LogP contribution in [0.5, 0.6) is 0 Å². The maximum absolute atomic E-state index is 11.2. The lowest BCUT2D eigenvalue weighted by atomic mass is 10.3. The summed E-state index contributed by atoms with van der Waals surface area (Å²) in [7, 11) is 0. The Kier molecular flexibility index (Phi) is 9.52. The van der Waals surface area contributed by atoms with Crippen LogP contribution in [0.15, 0.2) is 24.3 Å². The number of carbonyl (C=O) groups excluding carboxylic acids is 2. The topological polar surface area (TPSA) is 105 Å². The molecule has 6 nitrogen and oxygen atoms in total. The van der Waals surface area contributed by atoms with E-state index in [2.05, 4.69) is 0 Å². The van der Waals surface area contributed by atoms with Gasteiger partial charge in [-0.05, 0) is 6.92 Å². The van der Waals surface area contributed by atoms with Crippen molar-refractivity contribution in [3.63, 3.8) is 0 Å². The summed E-state index contributed by atoms with van der Waals surface area (Å²) >= 11 is 0. The van der Waals surface area contributed by atoms with E-state index in [1.807, 2.05) is 0 Å². The smallest absolute Gasteiger partial charge is 0.330 e. The Morgan fingerprint density at radius 2 is 1.67 bits per heavy atom. The third-order valence-electron chi connectivity index (χ3n) is 1.87. The zero-order valence-electron chi connectivity index (χ0n) is 10.5. The molecule has 0 aliphatic carbocycles. The van der Waals surface area contributed by atoms with Crippen LogP contribution in [0.4, 0.5) is 0 Å². The predicted molar refractivity (Wildman–Crippen MR) is 67.5 cm³/mol. The van der Waals surface area contributed by atoms with Crippen molar-refractivity contribution >= 4 is 11.9 Å². The van der Waals surface area contributed by atoms with Gasteiger partial charge >= 0.3 is 11.9 Å². The van der Waals surface area contributed by atoms with Crippen molar-refractivity contribution in [1.29, 1.82) is 0 Å². The fraction of sp³-hybridized carbons (Fsp3) is 0.500. The number of hydrogen-bond acceptors (Lipinski definition) is 6. The van der Waals surface area contributed by atoms with Gasteiger partial charge in [0.15, 0.2) is 0 Å². The molecule has 0 saturated heterocycles. The largest absolute Gasteiger partial charge is 0.462 e. The van der Waals surface area contributed by atoms with E-state index in [1.54, 1.807) is 6.92 Å². The number of nitrogens with two attached hydrogens (primary N) is 2. The minimum Gasteiger partial charge on any atom is -0.462 e. The van der Waals surface area contributed by atoms with Crippen LogP contribution in [-0.2, 0) is 19.1 Å². The molecule has 0 bridgehead atoms. The molecule has 4 N–H and O–H groups in total. The lowest BCUT2D eigenvalue weighted by Gasteiger charge is -2.11. The van der Waals surface area contributed by atoms with Crippen molar-refractivity contribution in [3.8, 4) is 0 Å². The monoisotopic (exact) mass is 256 g/mol. The molecular formula is C12H20N2O4. The average molecular weight is 256 g/mol. The van der Waals surface area contributed by atoms with E-state index in [0.717, 1.165) is 0 Å². The van der Waals surface area contributed by atoms with Crippen LogP contribution in [0.25, 0.3) is 0 Å². The molecule has 0 amide bonds. The standard InChI is InChI=1S/C12H20N2O4/c1-10(18-12(16)5-3-8-14)6-9-17-11(15)4-2-7-13/h2-5,10H,6-9,13-14H2,1H3. The van der Waals surface area contributed by atoms with Gasteiger partial charge in [-0.15, -0.1) is 0 Å². The number of ether oxygens (including phenoxy) is 2. The molecule has 1 unspecified atom stereocenters. The fourth-order valence-electron chi connectivity index (χ4n) is 0.999. The van der Waals surface area contributed by atoms with Gasteiger partial charge in [-0.2, -0.15) is 0 Å². The summed E-state index contributed by atoms with van der Waals surface area (Å²) in [4.78, 5) is 22.2. The first-order valence-corrected chi connectivity index (χ1v) is 5.70. The first-order chi connectivity index (χ1) is 8.60. The van der Waals surface area contributed by atoms with E-state index in [-0.39, 0.29) is 25.8 Å². The Morgan fingerprint density at radius 3 is 2.22 bits per heavy atom. The summed E-state index contributed by atoms with van der Waals surface area (Å²) in [5.74, 6) is -0.913. The SMILES string of the molecule is CC(CCOC(=O)C=CCN)OC(=O)C=CCN. The third-order valence-corrected chi connectivity index (χ3v) is 1.87. The molecular weight excluding hydrogens is 236 g/mol. The van der Waals surface area contributed by atoms with E-state index in [1.165, 1.54) is 24.3 Å². The average Bonchev–Trinajstić information content (AvgIpc) is 2.33. The van der Waals surface area contributed by atoms with Crippen molar-refractivity contribution in [2.24, 2.45) is 11.5 Å². The number of rotatable bonds is 8. The second-order valence-corrected chi connectivity index (χ2v) is 3.48. The van der Waals surface area contributed by atoms with Crippen molar-refractivity contribution < 1.29 is 19.1 Å². The lowest BCUT2D eigenvalue weighted by molar-refractivity contribution is -0.144. The van der Waals surface area contributed by atoms with Crippen LogP contribution < -0.4 is 11.5 Å². The van der Waals surface area contributed by atoms with Gasteiger partial charge in [0, 0.05) is 31.7 Å².